The van der Waals surface area contributed by atoms with E-state index in [0.29, 0.717) is 0 Å². The molecule has 0 aromatic carbocycles. The van der Waals surface area contributed by atoms with Gasteiger partial charge >= 0.3 is 7.82 Å². The first-order chi connectivity index (χ1) is 13.5. The summed E-state index contributed by atoms with van der Waals surface area (Å²) >= 11 is 5.39. The van der Waals surface area contributed by atoms with Gasteiger partial charge in [0.2, 0.25) is 0 Å². The smallest absolute Gasteiger partial charge is 0.389 e. The molecule has 0 heterocycles. The zero-order valence-corrected chi connectivity index (χ0v) is 19.6. The molecule has 170 valence electrons. The van der Waals surface area contributed by atoms with Crippen LogP contribution in [0.1, 0.15) is 110 Å². The van der Waals surface area contributed by atoms with Gasteiger partial charge in [-0.25, -0.2) is 4.57 Å². The molecule has 0 aliphatic carbocycles. The molecule has 0 aliphatic heterocycles. The molecule has 0 rings (SSSR count). The Balaban J connectivity index is 3.24. The molecular weight excluding hydrogens is 399 g/mol. The van der Waals surface area contributed by atoms with Gasteiger partial charge in [-0.3, -0.25) is 9.05 Å². The summed E-state index contributed by atoms with van der Waals surface area (Å²) in [7, 11) is -4.07. The van der Waals surface area contributed by atoms with Gasteiger partial charge in [0.1, 0.15) is 0 Å². The lowest BCUT2D eigenvalue weighted by molar-refractivity contribution is 0.0840. The van der Waals surface area contributed by atoms with E-state index in [9.17, 15) is 14.6 Å². The van der Waals surface area contributed by atoms with E-state index in [0.717, 1.165) is 19.3 Å². The highest BCUT2D eigenvalue weighted by Crippen LogP contribution is 2.43. The Hall–Kier alpha value is 0.360. The second-order valence-electron chi connectivity index (χ2n) is 7.71. The van der Waals surface area contributed by atoms with Crippen molar-refractivity contribution in [2.75, 3.05) is 19.1 Å². The summed E-state index contributed by atoms with van der Waals surface area (Å²) in [6, 6.07) is 0. The third-order valence-electron chi connectivity index (χ3n) is 4.86. The van der Waals surface area contributed by atoms with Crippen LogP contribution in [0.25, 0.3) is 0 Å². The largest absolute Gasteiger partial charge is 0.472 e. The summed E-state index contributed by atoms with van der Waals surface area (Å²) in [5.74, 6) is -0.0425. The van der Waals surface area contributed by atoms with Crippen LogP contribution >= 0.6 is 19.4 Å². The standard InChI is InChI=1S/C21H44ClO5P/c1-2-3-4-5-6-7-8-9-10-11-12-13-14-15-16-17-18-26-28(24,25)27-20-21(23)19-22/h21,23H,2-20H2,1H3,(H,24,25). The van der Waals surface area contributed by atoms with Gasteiger partial charge in [-0.05, 0) is 6.42 Å². The Morgan fingerprint density at radius 3 is 1.54 bits per heavy atom. The van der Waals surface area contributed by atoms with E-state index in [1.54, 1.807) is 0 Å². The van der Waals surface area contributed by atoms with E-state index in [4.69, 9.17) is 16.1 Å². The molecule has 2 atom stereocenters. The van der Waals surface area contributed by atoms with Gasteiger partial charge in [-0.1, -0.05) is 103 Å². The average Bonchev–Trinajstić information content (AvgIpc) is 2.68. The minimum Gasteiger partial charge on any atom is -0.389 e. The van der Waals surface area contributed by atoms with Crippen molar-refractivity contribution in [1.29, 1.82) is 0 Å². The Morgan fingerprint density at radius 1 is 0.750 bits per heavy atom. The minimum absolute atomic E-state index is 0.0425. The fourth-order valence-electron chi connectivity index (χ4n) is 3.09. The highest BCUT2D eigenvalue weighted by Gasteiger charge is 2.22. The number of hydrogen-bond donors (Lipinski definition) is 2. The van der Waals surface area contributed by atoms with Gasteiger partial charge in [-0.15, -0.1) is 11.6 Å². The molecule has 2 N–H and O–H groups in total. The minimum atomic E-state index is -4.07. The zero-order chi connectivity index (χ0) is 20.9. The number of phosphoric acid groups is 1. The van der Waals surface area contributed by atoms with Crippen LogP contribution in [0.5, 0.6) is 0 Å². The SMILES string of the molecule is CCCCCCCCCCCCCCCCCCOP(=O)(O)OCC(O)CCl. The maximum Gasteiger partial charge on any atom is 0.472 e. The van der Waals surface area contributed by atoms with Crippen molar-refractivity contribution in [3.63, 3.8) is 0 Å². The van der Waals surface area contributed by atoms with E-state index in [1.807, 2.05) is 0 Å². The van der Waals surface area contributed by atoms with Crippen molar-refractivity contribution in [3.8, 4) is 0 Å². The molecular formula is C21H44ClO5P. The first kappa shape index (κ1) is 28.4. The monoisotopic (exact) mass is 442 g/mol. The second kappa shape index (κ2) is 20.6. The number of halogens is 1. The van der Waals surface area contributed by atoms with Crippen molar-refractivity contribution in [3.05, 3.63) is 0 Å². The number of rotatable bonds is 22. The molecule has 0 saturated carbocycles. The third kappa shape index (κ3) is 21.1. The van der Waals surface area contributed by atoms with Crippen LogP contribution in [0.3, 0.4) is 0 Å². The van der Waals surface area contributed by atoms with Crippen molar-refractivity contribution in [1.82, 2.24) is 0 Å². The molecule has 0 bridgehead atoms. The van der Waals surface area contributed by atoms with Crippen LogP contribution < -0.4 is 0 Å². The molecule has 0 amide bonds. The van der Waals surface area contributed by atoms with Crippen LogP contribution in [0.2, 0.25) is 0 Å². The third-order valence-corrected chi connectivity index (χ3v) is 6.20. The van der Waals surface area contributed by atoms with Crippen molar-refractivity contribution < 1.29 is 23.6 Å². The van der Waals surface area contributed by atoms with Crippen molar-refractivity contribution in [2.45, 2.75) is 116 Å². The first-order valence-corrected chi connectivity index (χ1v) is 13.4. The molecule has 2 unspecified atom stereocenters. The van der Waals surface area contributed by atoms with E-state index < -0.39 is 13.9 Å². The topological polar surface area (TPSA) is 76.0 Å². The highest BCUT2D eigenvalue weighted by atomic mass is 35.5. The molecule has 0 fully saturated rings. The van der Waals surface area contributed by atoms with Crippen LogP contribution in [-0.2, 0) is 13.6 Å². The summed E-state index contributed by atoms with van der Waals surface area (Å²) in [6.07, 6.45) is 19.6. The fraction of sp³-hybridized carbons (Fsp3) is 1.00. The van der Waals surface area contributed by atoms with Crippen LogP contribution in [0.15, 0.2) is 0 Å². The van der Waals surface area contributed by atoms with Crippen LogP contribution in [0, 0.1) is 0 Å². The summed E-state index contributed by atoms with van der Waals surface area (Å²) in [5, 5.41) is 9.20. The molecule has 0 saturated heterocycles. The molecule has 0 radical (unpaired) electrons. The Kier molecular flexibility index (Phi) is 20.9. The number of unbranched alkanes of at least 4 members (excludes halogenated alkanes) is 15. The summed E-state index contributed by atoms with van der Waals surface area (Å²) in [4.78, 5) is 9.44. The Bertz CT molecular complexity index is 371. The molecule has 0 spiro atoms. The molecule has 0 aromatic rings. The predicted octanol–water partition coefficient (Wildman–Crippen LogP) is 6.98. The quantitative estimate of drug-likeness (QED) is 0.107. The van der Waals surface area contributed by atoms with E-state index in [-0.39, 0.29) is 19.1 Å². The van der Waals surface area contributed by atoms with E-state index >= 15 is 0 Å². The van der Waals surface area contributed by atoms with Crippen molar-refractivity contribution in [2.24, 2.45) is 0 Å². The normalized spacial score (nSPS) is 14.9. The van der Waals surface area contributed by atoms with Gasteiger partial charge in [0.25, 0.3) is 0 Å². The van der Waals surface area contributed by atoms with Crippen LogP contribution in [-0.4, -0.2) is 35.2 Å². The summed E-state index contributed by atoms with van der Waals surface area (Å²) < 4.78 is 21.1. The average molecular weight is 443 g/mol. The van der Waals surface area contributed by atoms with Gasteiger partial charge in [-0.2, -0.15) is 0 Å². The summed E-state index contributed by atoms with van der Waals surface area (Å²) in [6.45, 7) is 2.17. The highest BCUT2D eigenvalue weighted by molar-refractivity contribution is 7.47. The Labute approximate surface area is 178 Å². The molecule has 5 nitrogen and oxygen atoms in total. The van der Waals surface area contributed by atoms with E-state index in [1.165, 1.54) is 83.5 Å². The number of aliphatic hydroxyl groups is 1. The van der Waals surface area contributed by atoms with E-state index in [2.05, 4.69) is 11.4 Å². The van der Waals surface area contributed by atoms with Crippen molar-refractivity contribution >= 4 is 19.4 Å². The summed E-state index contributed by atoms with van der Waals surface area (Å²) in [5.41, 5.74) is 0. The lowest BCUT2D eigenvalue weighted by atomic mass is 10.0. The molecule has 0 aliphatic rings. The maximum absolute atomic E-state index is 11.6. The zero-order valence-electron chi connectivity index (χ0n) is 18.0. The Morgan fingerprint density at radius 2 is 1.14 bits per heavy atom. The number of phosphoric ester groups is 1. The first-order valence-electron chi connectivity index (χ1n) is 11.4. The lowest BCUT2D eigenvalue weighted by Gasteiger charge is -2.13. The molecule has 7 heteroatoms. The predicted molar refractivity (Wildman–Crippen MR) is 118 cm³/mol. The lowest BCUT2D eigenvalue weighted by Crippen LogP contribution is -2.16. The molecule has 0 aromatic heterocycles. The van der Waals surface area contributed by atoms with Gasteiger partial charge < -0.3 is 10.00 Å². The van der Waals surface area contributed by atoms with Gasteiger partial charge in [0, 0.05) is 0 Å². The number of aliphatic hydroxyl groups excluding tert-OH is 1. The van der Waals surface area contributed by atoms with Gasteiger partial charge in [0.05, 0.1) is 25.2 Å². The van der Waals surface area contributed by atoms with Gasteiger partial charge in [0.15, 0.2) is 0 Å². The maximum atomic E-state index is 11.6. The fourth-order valence-corrected chi connectivity index (χ4v) is 3.98. The second-order valence-corrected chi connectivity index (χ2v) is 9.47. The molecule has 28 heavy (non-hydrogen) atoms. The van der Waals surface area contributed by atoms with Crippen LogP contribution in [0.4, 0.5) is 0 Å². The number of hydrogen-bond acceptors (Lipinski definition) is 4. The number of alkyl halides is 1.